The SMILES string of the molecule is CC1(C)c2cc3c(cc2-c2cc4c5ccccc5c5ccccc5c4cc21)Sc1ccccc1N3c1nc(-c2cccc3ccccc23)cc(-c2cccc3ccccc23)n1. The minimum absolute atomic E-state index is 0.256. The molecule has 0 N–H and O–H groups in total. The Balaban J connectivity index is 1.07. The van der Waals surface area contributed by atoms with E-state index >= 15 is 0 Å². The molecule has 2 heterocycles. The Labute approximate surface area is 358 Å². The van der Waals surface area contributed by atoms with Gasteiger partial charge in [-0.15, -0.1) is 0 Å². The Kier molecular flexibility index (Phi) is 7.29. The van der Waals surface area contributed by atoms with Crippen LogP contribution in [0.4, 0.5) is 17.3 Å². The molecule has 0 saturated heterocycles. The van der Waals surface area contributed by atoms with Crippen LogP contribution in [-0.4, -0.2) is 9.97 Å². The summed E-state index contributed by atoms with van der Waals surface area (Å²) in [5, 5.41) is 12.5. The zero-order chi connectivity index (χ0) is 40.4. The van der Waals surface area contributed by atoms with Crippen LogP contribution in [0.1, 0.15) is 25.0 Å². The van der Waals surface area contributed by atoms with E-state index in [1.54, 1.807) is 0 Å². The average molecular weight is 796 g/mol. The molecule has 0 amide bonds. The number of aromatic nitrogens is 2. The van der Waals surface area contributed by atoms with Crippen molar-refractivity contribution in [2.75, 3.05) is 4.90 Å². The van der Waals surface area contributed by atoms with E-state index in [9.17, 15) is 0 Å². The van der Waals surface area contributed by atoms with E-state index < -0.39 is 0 Å². The molecule has 0 bridgehead atoms. The van der Waals surface area contributed by atoms with Gasteiger partial charge in [0.15, 0.2) is 0 Å². The average Bonchev–Trinajstić information content (AvgIpc) is 3.52. The van der Waals surface area contributed by atoms with Gasteiger partial charge in [0, 0.05) is 26.3 Å². The van der Waals surface area contributed by atoms with Gasteiger partial charge in [-0.25, -0.2) is 9.97 Å². The van der Waals surface area contributed by atoms with E-state index in [0.717, 1.165) is 33.9 Å². The van der Waals surface area contributed by atoms with Crippen LogP contribution >= 0.6 is 11.8 Å². The van der Waals surface area contributed by atoms with E-state index in [4.69, 9.17) is 9.97 Å². The first-order chi connectivity index (χ1) is 30.0. The molecule has 11 aromatic rings. The van der Waals surface area contributed by atoms with E-state index in [1.165, 1.54) is 85.9 Å². The van der Waals surface area contributed by atoms with Crippen molar-refractivity contribution in [3.05, 3.63) is 199 Å². The third-order valence-electron chi connectivity index (χ3n) is 13.2. The summed E-state index contributed by atoms with van der Waals surface area (Å²) in [5.74, 6) is 0.652. The number of hydrogen-bond acceptors (Lipinski definition) is 4. The number of anilines is 3. The molecule has 286 valence electrons. The molecule has 1 aromatic heterocycles. The number of para-hydroxylation sites is 1. The molecule has 0 fully saturated rings. The third kappa shape index (κ3) is 5.06. The van der Waals surface area contributed by atoms with Crippen molar-refractivity contribution in [3.63, 3.8) is 0 Å². The molecule has 1 aliphatic heterocycles. The van der Waals surface area contributed by atoms with Crippen LogP contribution < -0.4 is 4.90 Å². The normalized spacial score (nSPS) is 13.8. The molecule has 10 aromatic carbocycles. The van der Waals surface area contributed by atoms with Gasteiger partial charge in [-0.05, 0) is 119 Å². The first-order valence-corrected chi connectivity index (χ1v) is 21.8. The molecule has 2 aliphatic rings. The molecule has 0 spiro atoms. The van der Waals surface area contributed by atoms with Crippen LogP contribution in [0.2, 0.25) is 0 Å². The van der Waals surface area contributed by atoms with Crippen LogP contribution in [0.25, 0.3) is 87.5 Å². The van der Waals surface area contributed by atoms with Crippen molar-refractivity contribution in [1.29, 1.82) is 0 Å². The highest BCUT2D eigenvalue weighted by atomic mass is 32.2. The molecular formula is C57H37N3S. The summed E-state index contributed by atoms with van der Waals surface area (Å²) in [4.78, 5) is 15.8. The molecule has 61 heavy (non-hydrogen) atoms. The second-order valence-corrected chi connectivity index (χ2v) is 18.0. The summed E-state index contributed by atoms with van der Waals surface area (Å²) in [5.41, 5.74) is 11.2. The van der Waals surface area contributed by atoms with Gasteiger partial charge >= 0.3 is 0 Å². The Hall–Kier alpha value is -7.27. The highest BCUT2D eigenvalue weighted by Gasteiger charge is 2.39. The summed E-state index contributed by atoms with van der Waals surface area (Å²) >= 11 is 1.84. The van der Waals surface area contributed by atoms with E-state index in [2.05, 4.69) is 207 Å². The topological polar surface area (TPSA) is 29.0 Å². The number of fused-ring (bicyclic) bond motifs is 13. The first-order valence-electron chi connectivity index (χ1n) is 21.0. The summed E-state index contributed by atoms with van der Waals surface area (Å²) in [6.07, 6.45) is 0. The van der Waals surface area contributed by atoms with Gasteiger partial charge in [0.1, 0.15) is 0 Å². The largest absolute Gasteiger partial charge is 0.277 e. The van der Waals surface area contributed by atoms with Crippen LogP contribution in [0.5, 0.6) is 0 Å². The van der Waals surface area contributed by atoms with E-state index in [-0.39, 0.29) is 5.41 Å². The Morgan fingerprint density at radius 1 is 0.377 bits per heavy atom. The lowest BCUT2D eigenvalue weighted by Gasteiger charge is -2.33. The summed E-state index contributed by atoms with van der Waals surface area (Å²) in [6, 6.07) is 68.7. The molecule has 0 unspecified atom stereocenters. The minimum Gasteiger partial charge on any atom is -0.277 e. The van der Waals surface area contributed by atoms with Crippen LogP contribution in [-0.2, 0) is 5.41 Å². The zero-order valence-corrected chi connectivity index (χ0v) is 34.5. The zero-order valence-electron chi connectivity index (χ0n) is 33.6. The quantitative estimate of drug-likeness (QED) is 0.167. The second kappa shape index (κ2) is 12.9. The molecule has 3 nitrogen and oxygen atoms in total. The molecule has 1 aliphatic carbocycles. The number of hydrogen-bond donors (Lipinski definition) is 0. The van der Waals surface area contributed by atoms with Gasteiger partial charge in [-0.2, -0.15) is 0 Å². The van der Waals surface area contributed by atoms with Crippen LogP contribution in [0, 0.1) is 0 Å². The highest BCUT2D eigenvalue weighted by molar-refractivity contribution is 7.99. The molecule has 4 heteroatoms. The van der Waals surface area contributed by atoms with E-state index in [1.807, 2.05) is 11.8 Å². The summed E-state index contributed by atoms with van der Waals surface area (Å²) in [6.45, 7) is 4.79. The lowest BCUT2D eigenvalue weighted by atomic mass is 9.81. The fourth-order valence-corrected chi connectivity index (χ4v) is 11.4. The van der Waals surface area contributed by atoms with Gasteiger partial charge in [0.05, 0.1) is 22.8 Å². The van der Waals surface area contributed by atoms with Crippen molar-refractivity contribution in [2.24, 2.45) is 0 Å². The second-order valence-electron chi connectivity index (χ2n) is 16.9. The van der Waals surface area contributed by atoms with Gasteiger partial charge < -0.3 is 0 Å². The van der Waals surface area contributed by atoms with Crippen molar-refractivity contribution < 1.29 is 0 Å². The Bertz CT molecular complexity index is 3570. The first kappa shape index (κ1) is 34.6. The number of rotatable bonds is 3. The smallest absolute Gasteiger partial charge is 0.235 e. The number of nitrogens with zero attached hydrogens (tertiary/aromatic N) is 3. The van der Waals surface area contributed by atoms with Crippen LogP contribution in [0.15, 0.2) is 198 Å². The highest BCUT2D eigenvalue weighted by Crippen LogP contribution is 2.58. The maximum Gasteiger partial charge on any atom is 0.235 e. The monoisotopic (exact) mass is 795 g/mol. The van der Waals surface area contributed by atoms with Crippen molar-refractivity contribution >= 4 is 82.9 Å². The Morgan fingerprint density at radius 2 is 0.852 bits per heavy atom. The Morgan fingerprint density at radius 3 is 1.48 bits per heavy atom. The standard InChI is InChI=1S/C57H37N3S/c1-57(2)48-30-45-41-24-10-8-22-39(41)38-21-7-9-23-40(38)44(45)29-46(48)47-31-55-53(32-49(47)57)60(52-27-11-12-28-54(52)61-55)56-58-50(42-25-13-17-34-15-3-5-19-36(34)42)33-51(59-56)43-26-14-18-35-16-4-6-20-37(35)43/h3-33H,1-2H3. The molecule has 0 atom stereocenters. The van der Waals surface area contributed by atoms with E-state index in [0.29, 0.717) is 5.95 Å². The lowest BCUT2D eigenvalue weighted by Crippen LogP contribution is -2.20. The summed E-state index contributed by atoms with van der Waals surface area (Å²) in [7, 11) is 0. The van der Waals surface area contributed by atoms with Gasteiger partial charge in [-0.3, -0.25) is 4.90 Å². The fourth-order valence-electron chi connectivity index (χ4n) is 10.3. The maximum absolute atomic E-state index is 5.55. The van der Waals surface area contributed by atoms with Gasteiger partial charge in [0.25, 0.3) is 0 Å². The third-order valence-corrected chi connectivity index (χ3v) is 14.3. The van der Waals surface area contributed by atoms with Crippen LogP contribution in [0.3, 0.4) is 0 Å². The van der Waals surface area contributed by atoms with Crippen molar-refractivity contribution in [3.8, 4) is 33.6 Å². The van der Waals surface area contributed by atoms with Crippen molar-refractivity contribution in [2.45, 2.75) is 29.1 Å². The predicted molar refractivity (Wildman–Crippen MR) is 257 cm³/mol. The molecule has 0 radical (unpaired) electrons. The number of benzene rings is 10. The maximum atomic E-state index is 5.55. The molecule has 0 saturated carbocycles. The van der Waals surface area contributed by atoms with Gasteiger partial charge in [0.2, 0.25) is 5.95 Å². The minimum atomic E-state index is -0.256. The fraction of sp³-hybridized carbons (Fsp3) is 0.0526. The molecule has 13 rings (SSSR count). The predicted octanol–water partition coefficient (Wildman–Crippen LogP) is 15.8. The lowest BCUT2D eigenvalue weighted by molar-refractivity contribution is 0.661. The molecular weight excluding hydrogens is 759 g/mol. The summed E-state index contributed by atoms with van der Waals surface area (Å²) < 4.78 is 0. The van der Waals surface area contributed by atoms with Crippen molar-refractivity contribution in [1.82, 2.24) is 9.97 Å². The van der Waals surface area contributed by atoms with Gasteiger partial charge in [-0.1, -0.05) is 171 Å².